The number of nitriles is 1. The number of benzene rings is 1. The van der Waals surface area contributed by atoms with Gasteiger partial charge in [0.25, 0.3) is 5.91 Å². The predicted octanol–water partition coefficient (Wildman–Crippen LogP) is 4.06. The van der Waals surface area contributed by atoms with Gasteiger partial charge in [-0.3, -0.25) is 4.79 Å². The molecule has 1 aromatic carbocycles. The van der Waals surface area contributed by atoms with Gasteiger partial charge in [-0.25, -0.2) is 4.98 Å². The maximum atomic E-state index is 12.4. The summed E-state index contributed by atoms with van der Waals surface area (Å²) in [6.45, 7) is 3.93. The molecule has 0 radical (unpaired) electrons. The summed E-state index contributed by atoms with van der Waals surface area (Å²) in [4.78, 5) is 16.4. The SMILES string of the molecule is CCc1cccc(C)c1NC(=O)/C(C#N)=C\Nc1ccc(Cl)cn1. The van der Waals surface area contributed by atoms with Crippen LogP contribution in [0.4, 0.5) is 11.5 Å². The van der Waals surface area contributed by atoms with Gasteiger partial charge in [0.05, 0.1) is 5.02 Å². The Morgan fingerprint density at radius 2 is 2.17 bits per heavy atom. The van der Waals surface area contributed by atoms with E-state index in [4.69, 9.17) is 11.6 Å². The van der Waals surface area contributed by atoms with Crippen molar-refractivity contribution in [2.24, 2.45) is 0 Å². The number of nitrogens with one attached hydrogen (secondary N) is 2. The maximum absolute atomic E-state index is 12.4. The lowest BCUT2D eigenvalue weighted by atomic mass is 10.1. The summed E-state index contributed by atoms with van der Waals surface area (Å²) in [5, 5.41) is 15.4. The van der Waals surface area contributed by atoms with Gasteiger partial charge >= 0.3 is 0 Å². The number of aromatic nitrogens is 1. The van der Waals surface area contributed by atoms with E-state index in [1.165, 1.54) is 12.4 Å². The number of anilines is 2. The summed E-state index contributed by atoms with van der Waals surface area (Å²) in [6.07, 6.45) is 3.59. The second kappa shape index (κ2) is 8.14. The van der Waals surface area contributed by atoms with Crippen LogP contribution in [0.2, 0.25) is 5.02 Å². The highest BCUT2D eigenvalue weighted by atomic mass is 35.5. The van der Waals surface area contributed by atoms with Crippen LogP contribution >= 0.6 is 11.6 Å². The van der Waals surface area contributed by atoms with E-state index in [2.05, 4.69) is 15.6 Å². The van der Waals surface area contributed by atoms with Crippen LogP contribution in [0, 0.1) is 18.3 Å². The van der Waals surface area contributed by atoms with E-state index in [-0.39, 0.29) is 5.57 Å². The second-order valence-corrected chi connectivity index (χ2v) is 5.53. The van der Waals surface area contributed by atoms with E-state index < -0.39 is 5.91 Å². The molecule has 6 heteroatoms. The van der Waals surface area contributed by atoms with E-state index in [1.54, 1.807) is 12.1 Å². The number of pyridine rings is 1. The molecule has 1 aromatic heterocycles. The summed E-state index contributed by atoms with van der Waals surface area (Å²) >= 11 is 5.76. The molecule has 0 bridgehead atoms. The Balaban J connectivity index is 2.16. The number of amides is 1. The quantitative estimate of drug-likeness (QED) is 0.635. The summed E-state index contributed by atoms with van der Waals surface area (Å²) in [5.74, 6) is 0.0213. The number of para-hydroxylation sites is 1. The predicted molar refractivity (Wildman–Crippen MR) is 95.8 cm³/mol. The van der Waals surface area contributed by atoms with Crippen LogP contribution in [0.5, 0.6) is 0 Å². The number of carbonyl (C=O) groups excluding carboxylic acids is 1. The normalized spacial score (nSPS) is 10.8. The van der Waals surface area contributed by atoms with Crippen molar-refractivity contribution in [2.75, 3.05) is 10.6 Å². The van der Waals surface area contributed by atoms with Gasteiger partial charge in [-0.2, -0.15) is 5.26 Å². The van der Waals surface area contributed by atoms with E-state index in [1.807, 2.05) is 38.1 Å². The fourth-order valence-electron chi connectivity index (χ4n) is 2.14. The third-order valence-corrected chi connectivity index (χ3v) is 3.66. The van der Waals surface area contributed by atoms with Crippen molar-refractivity contribution >= 4 is 29.0 Å². The van der Waals surface area contributed by atoms with Crippen molar-refractivity contribution in [3.05, 3.63) is 64.5 Å². The topological polar surface area (TPSA) is 77.8 Å². The van der Waals surface area contributed by atoms with Gasteiger partial charge in [0.2, 0.25) is 0 Å². The van der Waals surface area contributed by atoms with E-state index >= 15 is 0 Å². The first-order valence-corrected chi connectivity index (χ1v) is 7.81. The Bertz CT molecular complexity index is 807. The molecule has 2 N–H and O–H groups in total. The van der Waals surface area contributed by atoms with Gasteiger partial charge in [0.15, 0.2) is 0 Å². The molecule has 0 atom stereocenters. The Morgan fingerprint density at radius 3 is 2.79 bits per heavy atom. The van der Waals surface area contributed by atoms with Crippen LogP contribution in [0.25, 0.3) is 0 Å². The Hall–Kier alpha value is -2.84. The maximum Gasteiger partial charge on any atom is 0.267 e. The van der Waals surface area contributed by atoms with Crippen LogP contribution in [-0.2, 0) is 11.2 Å². The lowest BCUT2D eigenvalue weighted by Gasteiger charge is -2.12. The summed E-state index contributed by atoms with van der Waals surface area (Å²) < 4.78 is 0. The molecule has 122 valence electrons. The van der Waals surface area contributed by atoms with Crippen molar-refractivity contribution < 1.29 is 4.79 Å². The summed E-state index contributed by atoms with van der Waals surface area (Å²) in [6, 6.07) is 11.0. The molecule has 1 heterocycles. The number of hydrogen-bond acceptors (Lipinski definition) is 4. The zero-order valence-corrected chi connectivity index (χ0v) is 14.2. The average Bonchev–Trinajstić information content (AvgIpc) is 2.58. The molecular formula is C18H17ClN4O. The highest BCUT2D eigenvalue weighted by molar-refractivity contribution is 6.30. The molecule has 2 aromatic rings. The van der Waals surface area contributed by atoms with Crippen molar-refractivity contribution in [3.63, 3.8) is 0 Å². The first-order chi connectivity index (χ1) is 11.5. The van der Waals surface area contributed by atoms with Crippen LogP contribution in [0.3, 0.4) is 0 Å². The lowest BCUT2D eigenvalue weighted by molar-refractivity contribution is -0.112. The van der Waals surface area contributed by atoms with E-state index in [0.29, 0.717) is 10.8 Å². The molecule has 2 rings (SSSR count). The fraction of sp³-hybridized carbons (Fsp3) is 0.167. The molecular weight excluding hydrogens is 324 g/mol. The molecule has 0 fully saturated rings. The zero-order chi connectivity index (χ0) is 17.5. The molecule has 1 amide bonds. The van der Waals surface area contributed by atoms with Gasteiger partial charge in [0, 0.05) is 18.1 Å². The Morgan fingerprint density at radius 1 is 1.38 bits per heavy atom. The lowest BCUT2D eigenvalue weighted by Crippen LogP contribution is -2.16. The number of hydrogen-bond donors (Lipinski definition) is 2. The van der Waals surface area contributed by atoms with E-state index in [0.717, 1.165) is 23.2 Å². The molecule has 24 heavy (non-hydrogen) atoms. The standard InChI is InChI=1S/C18H17ClN4O/c1-3-13-6-4-5-12(2)17(13)23-18(24)14(9-20)10-21-16-8-7-15(19)11-22-16/h4-8,10-11H,3H2,1-2H3,(H,21,22)(H,23,24)/b14-10-. The number of carbonyl (C=O) groups is 1. The van der Waals surface area contributed by atoms with Crippen LogP contribution in [0.1, 0.15) is 18.1 Å². The first-order valence-electron chi connectivity index (χ1n) is 7.43. The molecule has 0 aliphatic heterocycles. The third-order valence-electron chi connectivity index (χ3n) is 3.44. The minimum Gasteiger partial charge on any atom is -0.345 e. The zero-order valence-electron chi connectivity index (χ0n) is 13.4. The highest BCUT2D eigenvalue weighted by Crippen LogP contribution is 2.21. The first kappa shape index (κ1) is 17.5. The molecule has 0 unspecified atom stereocenters. The summed E-state index contributed by atoms with van der Waals surface area (Å²) in [7, 11) is 0. The average molecular weight is 341 g/mol. The Labute approximate surface area is 146 Å². The van der Waals surface area contributed by atoms with E-state index in [9.17, 15) is 10.1 Å². The van der Waals surface area contributed by atoms with Crippen molar-refractivity contribution in [1.29, 1.82) is 5.26 Å². The van der Waals surface area contributed by atoms with Crippen LogP contribution in [-0.4, -0.2) is 10.9 Å². The number of rotatable bonds is 5. The number of aryl methyl sites for hydroxylation is 2. The molecule has 0 saturated heterocycles. The van der Waals surface area contributed by atoms with Crippen LogP contribution in [0.15, 0.2) is 48.3 Å². The third kappa shape index (κ3) is 4.34. The number of halogens is 1. The van der Waals surface area contributed by atoms with Gasteiger partial charge in [0.1, 0.15) is 17.5 Å². The highest BCUT2D eigenvalue weighted by Gasteiger charge is 2.13. The minimum absolute atomic E-state index is 0.0444. The largest absolute Gasteiger partial charge is 0.345 e. The monoisotopic (exact) mass is 340 g/mol. The van der Waals surface area contributed by atoms with Gasteiger partial charge in [-0.05, 0) is 36.6 Å². The van der Waals surface area contributed by atoms with Gasteiger partial charge < -0.3 is 10.6 Å². The second-order valence-electron chi connectivity index (χ2n) is 5.09. The molecule has 0 aliphatic carbocycles. The minimum atomic E-state index is -0.469. The van der Waals surface area contributed by atoms with Gasteiger partial charge in [-0.1, -0.05) is 36.7 Å². The summed E-state index contributed by atoms with van der Waals surface area (Å²) in [5.41, 5.74) is 2.67. The van der Waals surface area contributed by atoms with Gasteiger partial charge in [-0.15, -0.1) is 0 Å². The van der Waals surface area contributed by atoms with Crippen LogP contribution < -0.4 is 10.6 Å². The molecule has 0 spiro atoms. The van der Waals surface area contributed by atoms with Crippen molar-refractivity contribution in [2.45, 2.75) is 20.3 Å². The number of nitrogens with zero attached hydrogens (tertiary/aromatic N) is 2. The molecule has 5 nitrogen and oxygen atoms in total. The smallest absolute Gasteiger partial charge is 0.267 e. The van der Waals surface area contributed by atoms with Crippen molar-refractivity contribution in [1.82, 2.24) is 4.98 Å². The molecule has 0 saturated carbocycles. The fourth-order valence-corrected chi connectivity index (χ4v) is 2.25. The molecule has 0 aliphatic rings. The van der Waals surface area contributed by atoms with Crippen molar-refractivity contribution in [3.8, 4) is 6.07 Å². The Kier molecular flexibility index (Phi) is 5.94.